The van der Waals surface area contributed by atoms with Crippen LogP contribution in [0.2, 0.25) is 0 Å². The lowest BCUT2D eigenvalue weighted by atomic mass is 9.98. The first-order chi connectivity index (χ1) is 28.8. The summed E-state index contributed by atoms with van der Waals surface area (Å²) in [6, 6.07) is 83.7. The van der Waals surface area contributed by atoms with E-state index in [1.54, 1.807) is 0 Å². The second kappa shape index (κ2) is 14.1. The smallest absolute Gasteiger partial charge is 0.0546 e. The van der Waals surface area contributed by atoms with E-state index in [0.717, 1.165) is 22.7 Å². The molecule has 11 aromatic rings. The van der Waals surface area contributed by atoms with Crippen molar-refractivity contribution in [3.63, 3.8) is 0 Å². The maximum absolute atomic E-state index is 2.41. The molecule has 0 N–H and O–H groups in total. The zero-order valence-corrected chi connectivity index (χ0v) is 31.8. The van der Waals surface area contributed by atoms with Crippen LogP contribution >= 0.6 is 0 Å². The number of fused-ring (bicyclic) bond motifs is 6. The van der Waals surface area contributed by atoms with Crippen LogP contribution < -0.4 is 4.90 Å². The highest BCUT2D eigenvalue weighted by Crippen LogP contribution is 2.43. The molecular weight excluding hydrogens is 701 g/mol. The SMILES string of the molecule is c1ccc(-c2ccc(N(c3ccc(-c4ccc5c(c4)c4cc(-c6ccccc6)ccc4n5-c4ccccc4)cc3)c3cccc4ccc5ccccc5c34)cc2)cc1. The van der Waals surface area contributed by atoms with Crippen LogP contribution in [0, 0.1) is 0 Å². The van der Waals surface area contributed by atoms with Gasteiger partial charge in [0.05, 0.1) is 16.7 Å². The van der Waals surface area contributed by atoms with Crippen LogP contribution in [-0.2, 0) is 0 Å². The normalized spacial score (nSPS) is 11.4. The molecule has 0 atom stereocenters. The van der Waals surface area contributed by atoms with Crippen LogP contribution in [-0.4, -0.2) is 4.57 Å². The van der Waals surface area contributed by atoms with Crippen molar-refractivity contribution >= 4 is 60.4 Å². The molecule has 0 spiro atoms. The second-order valence-electron chi connectivity index (χ2n) is 15.0. The van der Waals surface area contributed by atoms with E-state index >= 15 is 0 Å². The van der Waals surface area contributed by atoms with Gasteiger partial charge >= 0.3 is 0 Å². The number of aromatic nitrogens is 1. The molecule has 0 saturated heterocycles. The largest absolute Gasteiger partial charge is 0.310 e. The van der Waals surface area contributed by atoms with Crippen molar-refractivity contribution < 1.29 is 0 Å². The molecule has 0 aliphatic heterocycles. The highest BCUT2D eigenvalue weighted by Gasteiger charge is 2.19. The molecule has 0 saturated carbocycles. The van der Waals surface area contributed by atoms with Gasteiger partial charge in [0.25, 0.3) is 0 Å². The molecule has 10 aromatic carbocycles. The molecular formula is C56H38N2. The average molecular weight is 739 g/mol. The van der Waals surface area contributed by atoms with Gasteiger partial charge in [-0.15, -0.1) is 0 Å². The van der Waals surface area contributed by atoms with Crippen LogP contribution in [0.4, 0.5) is 17.1 Å². The van der Waals surface area contributed by atoms with Crippen molar-refractivity contribution in [3.8, 4) is 39.1 Å². The minimum Gasteiger partial charge on any atom is -0.310 e. The van der Waals surface area contributed by atoms with Crippen LogP contribution in [0.15, 0.2) is 231 Å². The number of anilines is 3. The second-order valence-corrected chi connectivity index (χ2v) is 15.0. The summed E-state index contributed by atoms with van der Waals surface area (Å²) in [5.41, 5.74) is 14.1. The average Bonchev–Trinajstić information content (AvgIpc) is 3.63. The van der Waals surface area contributed by atoms with Crippen molar-refractivity contribution in [3.05, 3.63) is 231 Å². The van der Waals surface area contributed by atoms with E-state index in [9.17, 15) is 0 Å². The fourth-order valence-electron chi connectivity index (χ4n) is 8.76. The highest BCUT2D eigenvalue weighted by molar-refractivity contribution is 6.15. The maximum Gasteiger partial charge on any atom is 0.0546 e. The zero-order chi connectivity index (χ0) is 38.4. The summed E-state index contributed by atoms with van der Waals surface area (Å²) in [5.74, 6) is 0. The Bertz CT molecular complexity index is 3240. The third-order valence-electron chi connectivity index (χ3n) is 11.6. The first-order valence-electron chi connectivity index (χ1n) is 19.9. The molecule has 272 valence electrons. The molecule has 58 heavy (non-hydrogen) atoms. The van der Waals surface area contributed by atoms with Crippen molar-refractivity contribution in [1.82, 2.24) is 4.57 Å². The Balaban J connectivity index is 1.05. The van der Waals surface area contributed by atoms with Crippen molar-refractivity contribution in [2.45, 2.75) is 0 Å². The van der Waals surface area contributed by atoms with Crippen molar-refractivity contribution in [2.75, 3.05) is 4.90 Å². The molecule has 0 unspecified atom stereocenters. The molecule has 0 aliphatic rings. The fourth-order valence-corrected chi connectivity index (χ4v) is 8.76. The van der Waals surface area contributed by atoms with Crippen LogP contribution in [0.25, 0.3) is 82.4 Å². The van der Waals surface area contributed by atoms with E-state index in [1.165, 1.54) is 76.7 Å². The number of nitrogens with zero attached hydrogens (tertiary/aromatic N) is 2. The molecule has 0 amide bonds. The first-order valence-corrected chi connectivity index (χ1v) is 19.9. The van der Waals surface area contributed by atoms with E-state index in [0.29, 0.717) is 0 Å². The highest BCUT2D eigenvalue weighted by atomic mass is 15.1. The molecule has 11 rings (SSSR count). The molecule has 0 aliphatic carbocycles. The Morgan fingerprint density at radius 1 is 0.293 bits per heavy atom. The lowest BCUT2D eigenvalue weighted by molar-refractivity contribution is 1.18. The Morgan fingerprint density at radius 2 is 0.741 bits per heavy atom. The number of hydrogen-bond acceptors (Lipinski definition) is 1. The van der Waals surface area contributed by atoms with E-state index in [-0.39, 0.29) is 0 Å². The molecule has 0 radical (unpaired) electrons. The number of rotatable bonds is 7. The number of para-hydroxylation sites is 1. The van der Waals surface area contributed by atoms with Crippen molar-refractivity contribution in [2.24, 2.45) is 0 Å². The maximum atomic E-state index is 2.41. The standard InChI is InChI=1S/C56H38N2/c1-4-13-39(14-5-1)41-25-31-48(32-26-41)57(55-22-12-18-44-24-23-43-17-10-11-21-50(43)56(44)55)49-33-27-42(28-34-49)46-30-36-54-52(38-46)51-37-45(40-15-6-2-7-16-40)29-35-53(51)58(54)47-19-8-3-9-20-47/h1-38H. The Kier molecular flexibility index (Phi) is 8.19. The van der Waals surface area contributed by atoms with Crippen LogP contribution in [0.1, 0.15) is 0 Å². The van der Waals surface area contributed by atoms with E-state index in [2.05, 4.69) is 240 Å². The first kappa shape index (κ1) is 33.6. The van der Waals surface area contributed by atoms with E-state index in [1.807, 2.05) is 0 Å². The molecule has 2 heteroatoms. The summed E-state index contributed by atoms with van der Waals surface area (Å²) in [6.45, 7) is 0. The predicted octanol–water partition coefficient (Wildman–Crippen LogP) is 15.6. The summed E-state index contributed by atoms with van der Waals surface area (Å²) in [6.07, 6.45) is 0. The molecule has 1 aromatic heterocycles. The summed E-state index contributed by atoms with van der Waals surface area (Å²) < 4.78 is 2.39. The van der Waals surface area contributed by atoms with Gasteiger partial charge in [-0.3, -0.25) is 0 Å². The Hall–Kier alpha value is -7.68. The molecule has 0 bridgehead atoms. The quantitative estimate of drug-likeness (QED) is 0.148. The third kappa shape index (κ3) is 5.82. The van der Waals surface area contributed by atoms with Gasteiger partial charge in [-0.05, 0) is 116 Å². The molecule has 1 heterocycles. The van der Waals surface area contributed by atoms with Gasteiger partial charge in [-0.1, -0.05) is 164 Å². The Morgan fingerprint density at radius 3 is 1.34 bits per heavy atom. The minimum atomic E-state index is 1.10. The van der Waals surface area contributed by atoms with Gasteiger partial charge < -0.3 is 9.47 Å². The zero-order valence-electron chi connectivity index (χ0n) is 31.8. The van der Waals surface area contributed by atoms with Crippen molar-refractivity contribution in [1.29, 1.82) is 0 Å². The van der Waals surface area contributed by atoms with Gasteiger partial charge in [0.1, 0.15) is 0 Å². The van der Waals surface area contributed by atoms with Crippen LogP contribution in [0.5, 0.6) is 0 Å². The molecule has 2 nitrogen and oxygen atoms in total. The summed E-state index contributed by atoms with van der Waals surface area (Å²) in [7, 11) is 0. The third-order valence-corrected chi connectivity index (χ3v) is 11.6. The van der Waals surface area contributed by atoms with Gasteiger partial charge in [-0.2, -0.15) is 0 Å². The lowest BCUT2D eigenvalue weighted by Crippen LogP contribution is -2.10. The predicted molar refractivity (Wildman–Crippen MR) is 247 cm³/mol. The van der Waals surface area contributed by atoms with Gasteiger partial charge in [0.15, 0.2) is 0 Å². The Labute approximate surface area is 338 Å². The van der Waals surface area contributed by atoms with Gasteiger partial charge in [-0.25, -0.2) is 0 Å². The van der Waals surface area contributed by atoms with E-state index < -0.39 is 0 Å². The molecule has 0 fully saturated rings. The summed E-state index contributed by atoms with van der Waals surface area (Å²) in [5, 5.41) is 7.42. The topological polar surface area (TPSA) is 8.17 Å². The summed E-state index contributed by atoms with van der Waals surface area (Å²) >= 11 is 0. The monoisotopic (exact) mass is 738 g/mol. The minimum absolute atomic E-state index is 1.10. The fraction of sp³-hybridized carbons (Fsp3) is 0. The van der Waals surface area contributed by atoms with E-state index in [4.69, 9.17) is 0 Å². The van der Waals surface area contributed by atoms with Gasteiger partial charge in [0, 0.05) is 33.2 Å². The number of benzene rings is 10. The summed E-state index contributed by atoms with van der Waals surface area (Å²) in [4.78, 5) is 2.41. The number of hydrogen-bond donors (Lipinski definition) is 0. The lowest BCUT2D eigenvalue weighted by Gasteiger charge is -2.28. The van der Waals surface area contributed by atoms with Gasteiger partial charge in [0.2, 0.25) is 0 Å². The van der Waals surface area contributed by atoms with Crippen LogP contribution in [0.3, 0.4) is 0 Å².